The summed E-state index contributed by atoms with van der Waals surface area (Å²) in [7, 11) is 0. The van der Waals surface area contributed by atoms with Crippen molar-refractivity contribution in [1.29, 1.82) is 0 Å². The Kier molecular flexibility index (Phi) is 4.09. The van der Waals surface area contributed by atoms with Gasteiger partial charge in [-0.1, -0.05) is 20.8 Å². The first kappa shape index (κ1) is 13.2. The average molecular weight is 220 g/mol. The molecule has 1 aromatic heterocycles. The summed E-state index contributed by atoms with van der Waals surface area (Å²) in [6.45, 7) is 13.3. The Hall–Kier alpha value is -0.890. The number of hydrogen-bond donors (Lipinski definition) is 1. The fourth-order valence-corrected chi connectivity index (χ4v) is 1.64. The molecule has 0 saturated heterocycles. The van der Waals surface area contributed by atoms with Crippen molar-refractivity contribution in [2.24, 2.45) is 5.41 Å². The molecule has 2 nitrogen and oxygen atoms in total. The predicted molar refractivity (Wildman–Crippen MR) is 69.4 cm³/mol. The van der Waals surface area contributed by atoms with Crippen LogP contribution in [0.5, 0.6) is 0 Å². The largest absolute Gasteiger partial charge is 0.307 e. The minimum atomic E-state index is 0.282. The first-order valence-electron chi connectivity index (χ1n) is 5.99. The highest BCUT2D eigenvalue weighted by atomic mass is 15.0. The van der Waals surface area contributed by atoms with E-state index < -0.39 is 0 Å². The highest BCUT2D eigenvalue weighted by Crippen LogP contribution is 2.23. The van der Waals surface area contributed by atoms with E-state index in [4.69, 9.17) is 0 Å². The molecule has 2 heteroatoms. The first-order chi connectivity index (χ1) is 7.32. The van der Waals surface area contributed by atoms with E-state index in [9.17, 15) is 0 Å². The lowest BCUT2D eigenvalue weighted by molar-refractivity contribution is 0.268. The van der Waals surface area contributed by atoms with Crippen molar-refractivity contribution in [3.05, 3.63) is 29.6 Å². The van der Waals surface area contributed by atoms with Gasteiger partial charge < -0.3 is 5.32 Å². The maximum atomic E-state index is 4.20. The van der Waals surface area contributed by atoms with Crippen LogP contribution in [0, 0.1) is 12.3 Å². The van der Waals surface area contributed by atoms with Gasteiger partial charge in [-0.2, -0.15) is 0 Å². The average Bonchev–Trinajstić information content (AvgIpc) is 2.16. The number of pyridine rings is 1. The van der Waals surface area contributed by atoms with Crippen LogP contribution in [0.25, 0.3) is 0 Å². The number of aryl methyl sites for hydroxylation is 1. The molecule has 0 bridgehead atoms. The minimum Gasteiger partial charge on any atom is -0.307 e. The molecule has 16 heavy (non-hydrogen) atoms. The van der Waals surface area contributed by atoms with Gasteiger partial charge in [0.25, 0.3) is 0 Å². The molecule has 90 valence electrons. The van der Waals surface area contributed by atoms with Gasteiger partial charge in [0.2, 0.25) is 0 Å². The number of hydrogen-bond acceptors (Lipinski definition) is 2. The zero-order valence-electron chi connectivity index (χ0n) is 11.3. The van der Waals surface area contributed by atoms with Gasteiger partial charge in [-0.15, -0.1) is 0 Å². The Bertz CT molecular complexity index is 339. The summed E-state index contributed by atoms with van der Waals surface area (Å²) in [5.41, 5.74) is 2.87. The molecule has 2 unspecified atom stereocenters. The summed E-state index contributed by atoms with van der Waals surface area (Å²) in [6, 6.07) is 2.89. The van der Waals surface area contributed by atoms with Crippen molar-refractivity contribution in [2.45, 2.75) is 53.6 Å². The highest BCUT2D eigenvalue weighted by molar-refractivity contribution is 5.24. The molecule has 0 aliphatic carbocycles. The van der Waals surface area contributed by atoms with Crippen LogP contribution in [0.4, 0.5) is 0 Å². The van der Waals surface area contributed by atoms with Crippen LogP contribution in [0.3, 0.4) is 0 Å². The normalized spacial score (nSPS) is 15.9. The Morgan fingerprint density at radius 3 is 2.38 bits per heavy atom. The summed E-state index contributed by atoms with van der Waals surface area (Å²) in [5, 5.41) is 3.64. The van der Waals surface area contributed by atoms with E-state index in [2.05, 4.69) is 57.9 Å². The molecule has 1 heterocycles. The SMILES string of the molecule is Cc1ccncc1C(C)NC(C)C(C)(C)C. The van der Waals surface area contributed by atoms with Crippen molar-refractivity contribution in [3.63, 3.8) is 0 Å². The van der Waals surface area contributed by atoms with Crippen molar-refractivity contribution >= 4 is 0 Å². The molecular weight excluding hydrogens is 196 g/mol. The Labute approximate surface area is 99.5 Å². The van der Waals surface area contributed by atoms with Crippen LogP contribution in [-0.4, -0.2) is 11.0 Å². The van der Waals surface area contributed by atoms with Crippen molar-refractivity contribution < 1.29 is 0 Å². The zero-order chi connectivity index (χ0) is 12.3. The molecule has 2 atom stereocenters. The van der Waals surface area contributed by atoms with E-state index in [0.717, 1.165) is 0 Å². The minimum absolute atomic E-state index is 0.282. The van der Waals surface area contributed by atoms with Crippen LogP contribution in [0.2, 0.25) is 0 Å². The van der Waals surface area contributed by atoms with E-state index in [1.165, 1.54) is 11.1 Å². The number of nitrogens with zero attached hydrogens (tertiary/aromatic N) is 1. The maximum Gasteiger partial charge on any atom is 0.0318 e. The quantitative estimate of drug-likeness (QED) is 0.843. The standard InChI is InChI=1S/C14H24N2/c1-10-7-8-15-9-13(10)11(2)16-12(3)14(4,5)6/h7-9,11-12,16H,1-6H3. The summed E-state index contributed by atoms with van der Waals surface area (Å²) >= 11 is 0. The smallest absolute Gasteiger partial charge is 0.0318 e. The van der Waals surface area contributed by atoms with E-state index in [1.807, 2.05) is 12.4 Å². The first-order valence-corrected chi connectivity index (χ1v) is 5.99. The van der Waals surface area contributed by atoms with E-state index in [1.54, 1.807) is 0 Å². The number of rotatable bonds is 3. The van der Waals surface area contributed by atoms with Crippen LogP contribution >= 0.6 is 0 Å². The molecule has 0 aromatic carbocycles. The Morgan fingerprint density at radius 1 is 1.25 bits per heavy atom. The third kappa shape index (κ3) is 3.31. The van der Waals surface area contributed by atoms with Crippen molar-refractivity contribution in [1.82, 2.24) is 10.3 Å². The van der Waals surface area contributed by atoms with Gasteiger partial charge in [0.05, 0.1) is 0 Å². The van der Waals surface area contributed by atoms with Crippen molar-refractivity contribution in [3.8, 4) is 0 Å². The summed E-state index contributed by atoms with van der Waals surface area (Å²) in [5.74, 6) is 0. The molecule has 0 fully saturated rings. The van der Waals surface area contributed by atoms with Gasteiger partial charge in [-0.25, -0.2) is 0 Å². The summed E-state index contributed by atoms with van der Waals surface area (Å²) < 4.78 is 0. The molecule has 1 N–H and O–H groups in total. The Morgan fingerprint density at radius 2 is 1.88 bits per heavy atom. The summed E-state index contributed by atoms with van der Waals surface area (Å²) in [6.07, 6.45) is 3.81. The zero-order valence-corrected chi connectivity index (χ0v) is 11.3. The third-order valence-electron chi connectivity index (χ3n) is 3.35. The summed E-state index contributed by atoms with van der Waals surface area (Å²) in [4.78, 5) is 4.20. The monoisotopic (exact) mass is 220 g/mol. The van der Waals surface area contributed by atoms with Gasteiger partial charge in [0.15, 0.2) is 0 Å². The molecule has 0 aliphatic heterocycles. The lowest BCUT2D eigenvalue weighted by Crippen LogP contribution is -2.39. The lowest BCUT2D eigenvalue weighted by atomic mass is 9.87. The Balaban J connectivity index is 2.73. The van der Waals surface area contributed by atoms with Gasteiger partial charge in [-0.05, 0) is 43.4 Å². The molecule has 0 amide bonds. The molecule has 1 aromatic rings. The molecule has 0 radical (unpaired) electrons. The molecule has 1 rings (SSSR count). The van der Waals surface area contributed by atoms with Crippen LogP contribution in [-0.2, 0) is 0 Å². The van der Waals surface area contributed by atoms with E-state index in [0.29, 0.717) is 12.1 Å². The molecule has 0 saturated carbocycles. The molecule has 0 spiro atoms. The van der Waals surface area contributed by atoms with Crippen molar-refractivity contribution in [2.75, 3.05) is 0 Å². The highest BCUT2D eigenvalue weighted by Gasteiger charge is 2.22. The fraction of sp³-hybridized carbons (Fsp3) is 0.643. The van der Waals surface area contributed by atoms with E-state index >= 15 is 0 Å². The fourth-order valence-electron chi connectivity index (χ4n) is 1.64. The molecule has 0 aliphatic rings. The lowest BCUT2D eigenvalue weighted by Gasteiger charge is -2.31. The van der Waals surface area contributed by atoms with Crippen LogP contribution in [0.15, 0.2) is 18.5 Å². The second-order valence-electron chi connectivity index (χ2n) is 5.71. The van der Waals surface area contributed by atoms with Gasteiger partial charge in [0.1, 0.15) is 0 Å². The van der Waals surface area contributed by atoms with Gasteiger partial charge >= 0.3 is 0 Å². The van der Waals surface area contributed by atoms with Gasteiger partial charge in [0, 0.05) is 24.5 Å². The van der Waals surface area contributed by atoms with Crippen LogP contribution in [0.1, 0.15) is 51.8 Å². The van der Waals surface area contributed by atoms with Crippen LogP contribution < -0.4 is 5.32 Å². The number of nitrogens with one attached hydrogen (secondary N) is 1. The van der Waals surface area contributed by atoms with Gasteiger partial charge in [-0.3, -0.25) is 4.98 Å². The molecular formula is C14H24N2. The third-order valence-corrected chi connectivity index (χ3v) is 3.35. The van der Waals surface area contributed by atoms with E-state index in [-0.39, 0.29) is 5.41 Å². The second-order valence-corrected chi connectivity index (χ2v) is 5.71. The predicted octanol–water partition coefficient (Wildman–Crippen LogP) is 3.48. The number of aromatic nitrogens is 1. The second kappa shape index (κ2) is 4.96. The maximum absolute atomic E-state index is 4.20. The topological polar surface area (TPSA) is 24.9 Å².